The summed E-state index contributed by atoms with van der Waals surface area (Å²) in [7, 11) is 1.27. The van der Waals surface area contributed by atoms with Gasteiger partial charge in [0, 0.05) is 0 Å². The average molecular weight is 293 g/mol. The van der Waals surface area contributed by atoms with Crippen molar-refractivity contribution in [3.05, 3.63) is 35.9 Å². The summed E-state index contributed by atoms with van der Waals surface area (Å²) >= 11 is 0. The maximum absolute atomic E-state index is 11.9. The second-order valence-electron chi connectivity index (χ2n) is 5.29. The zero-order valence-electron chi connectivity index (χ0n) is 12.7. The van der Waals surface area contributed by atoms with Gasteiger partial charge in [-0.25, -0.2) is 4.79 Å². The molecule has 5 nitrogen and oxygen atoms in total. The van der Waals surface area contributed by atoms with Crippen molar-refractivity contribution in [2.45, 2.75) is 38.8 Å². The van der Waals surface area contributed by atoms with E-state index >= 15 is 0 Å². The van der Waals surface area contributed by atoms with E-state index in [1.54, 1.807) is 13.8 Å². The normalized spacial score (nSPS) is 13.6. The lowest BCUT2D eigenvalue weighted by Crippen LogP contribution is -2.48. The van der Waals surface area contributed by atoms with E-state index in [9.17, 15) is 14.7 Å². The van der Waals surface area contributed by atoms with Gasteiger partial charge >= 0.3 is 5.97 Å². The number of hydrogen-bond donors (Lipinski definition) is 2. The van der Waals surface area contributed by atoms with Gasteiger partial charge in [0.2, 0.25) is 5.91 Å². The summed E-state index contributed by atoms with van der Waals surface area (Å²) < 4.78 is 4.65. The van der Waals surface area contributed by atoms with Crippen LogP contribution in [0.3, 0.4) is 0 Å². The maximum Gasteiger partial charge on any atom is 0.328 e. The number of carbonyl (C=O) groups excluding carboxylic acids is 2. The average Bonchev–Trinajstić information content (AvgIpc) is 2.49. The highest BCUT2D eigenvalue weighted by Crippen LogP contribution is 2.07. The molecule has 0 spiro atoms. The molecule has 1 aromatic rings. The monoisotopic (exact) mass is 293 g/mol. The van der Waals surface area contributed by atoms with Crippen LogP contribution in [0.1, 0.15) is 25.8 Å². The van der Waals surface area contributed by atoms with Gasteiger partial charge in [0.1, 0.15) is 12.1 Å². The highest BCUT2D eigenvalue weighted by Gasteiger charge is 2.27. The summed E-state index contributed by atoms with van der Waals surface area (Å²) in [4.78, 5) is 23.5. The fourth-order valence-corrected chi connectivity index (χ4v) is 1.95. The molecule has 116 valence electrons. The minimum atomic E-state index is -1.14. The number of hydrogen-bond acceptors (Lipinski definition) is 4. The number of aliphatic hydroxyl groups is 1. The Kier molecular flexibility index (Phi) is 6.88. The van der Waals surface area contributed by atoms with Crippen molar-refractivity contribution in [3.8, 4) is 0 Å². The molecule has 5 heteroatoms. The fourth-order valence-electron chi connectivity index (χ4n) is 1.95. The Bertz CT molecular complexity index is 459. The fraction of sp³-hybridized carbons (Fsp3) is 0.500. The Morgan fingerprint density at radius 1 is 1.24 bits per heavy atom. The van der Waals surface area contributed by atoms with Crippen LogP contribution >= 0.6 is 0 Å². The van der Waals surface area contributed by atoms with Crippen LogP contribution in [0.4, 0.5) is 0 Å². The second-order valence-corrected chi connectivity index (χ2v) is 5.29. The molecular formula is C16H23NO4. The van der Waals surface area contributed by atoms with Crippen molar-refractivity contribution < 1.29 is 19.4 Å². The third-order valence-corrected chi connectivity index (χ3v) is 3.27. The van der Waals surface area contributed by atoms with Crippen molar-refractivity contribution >= 4 is 11.9 Å². The number of aliphatic hydroxyl groups excluding tert-OH is 1. The third kappa shape index (κ3) is 5.55. The second kappa shape index (κ2) is 8.42. The molecule has 0 aliphatic carbocycles. The highest BCUT2D eigenvalue weighted by atomic mass is 16.5. The standard InChI is InChI=1S/C16H23NO4/c1-11(2)14(16(20)21-3)17-15(19)13(18)10-9-12-7-5-4-6-8-12/h4-8,11,13-14,18H,9-10H2,1-3H3,(H,17,19)/t13-,14+/m1/s1. The first-order chi connectivity index (χ1) is 9.95. The molecule has 0 aliphatic heterocycles. The van der Waals surface area contributed by atoms with Crippen molar-refractivity contribution in [2.24, 2.45) is 5.92 Å². The van der Waals surface area contributed by atoms with Crippen molar-refractivity contribution in [1.82, 2.24) is 5.32 Å². The Labute approximate surface area is 125 Å². The van der Waals surface area contributed by atoms with Crippen molar-refractivity contribution in [3.63, 3.8) is 0 Å². The predicted octanol–water partition coefficient (Wildman–Crippen LogP) is 1.29. The number of carbonyl (C=O) groups is 2. The van der Waals surface area contributed by atoms with E-state index in [1.165, 1.54) is 7.11 Å². The molecule has 1 amide bonds. The zero-order chi connectivity index (χ0) is 15.8. The van der Waals surface area contributed by atoms with Gasteiger partial charge in [0.15, 0.2) is 0 Å². The van der Waals surface area contributed by atoms with E-state index in [2.05, 4.69) is 10.1 Å². The number of esters is 1. The predicted molar refractivity (Wildman–Crippen MR) is 79.6 cm³/mol. The van der Waals surface area contributed by atoms with E-state index in [0.717, 1.165) is 5.56 Å². The molecule has 0 aliphatic rings. The van der Waals surface area contributed by atoms with Crippen LogP contribution in [-0.2, 0) is 20.7 Å². The number of ether oxygens (including phenoxy) is 1. The van der Waals surface area contributed by atoms with E-state index in [1.807, 2.05) is 30.3 Å². The van der Waals surface area contributed by atoms with Crippen LogP contribution < -0.4 is 5.32 Å². The van der Waals surface area contributed by atoms with E-state index < -0.39 is 24.0 Å². The van der Waals surface area contributed by atoms with Gasteiger partial charge in [-0.1, -0.05) is 44.2 Å². The maximum atomic E-state index is 11.9. The minimum Gasteiger partial charge on any atom is -0.467 e. The number of methoxy groups -OCH3 is 1. The Balaban J connectivity index is 2.51. The summed E-state index contributed by atoms with van der Waals surface area (Å²) in [6.07, 6.45) is -0.238. The van der Waals surface area contributed by atoms with Gasteiger partial charge in [-0.3, -0.25) is 4.79 Å². The number of nitrogens with one attached hydrogen (secondary N) is 1. The molecule has 0 saturated heterocycles. The summed E-state index contributed by atoms with van der Waals surface area (Å²) in [6, 6.07) is 8.87. The molecule has 0 unspecified atom stereocenters. The van der Waals surface area contributed by atoms with E-state index in [4.69, 9.17) is 0 Å². The lowest BCUT2D eigenvalue weighted by molar-refractivity contribution is -0.147. The van der Waals surface area contributed by atoms with Crippen molar-refractivity contribution in [2.75, 3.05) is 7.11 Å². The van der Waals surface area contributed by atoms with E-state index in [0.29, 0.717) is 12.8 Å². The molecule has 0 radical (unpaired) electrons. The number of benzene rings is 1. The van der Waals surface area contributed by atoms with Gasteiger partial charge in [-0.2, -0.15) is 0 Å². The van der Waals surface area contributed by atoms with Crippen LogP contribution in [0, 0.1) is 5.92 Å². The quantitative estimate of drug-likeness (QED) is 0.743. The number of aryl methyl sites for hydroxylation is 1. The van der Waals surface area contributed by atoms with Gasteiger partial charge < -0.3 is 15.2 Å². The smallest absolute Gasteiger partial charge is 0.328 e. The first-order valence-corrected chi connectivity index (χ1v) is 7.06. The van der Waals surface area contributed by atoms with Gasteiger partial charge in [-0.15, -0.1) is 0 Å². The Hall–Kier alpha value is -1.88. The summed E-state index contributed by atoms with van der Waals surface area (Å²) in [5.74, 6) is -1.16. The zero-order valence-corrected chi connectivity index (χ0v) is 12.7. The summed E-state index contributed by atoms with van der Waals surface area (Å²) in [5.41, 5.74) is 1.05. The molecule has 0 heterocycles. The van der Waals surface area contributed by atoms with Crippen LogP contribution in [0.2, 0.25) is 0 Å². The molecule has 1 rings (SSSR count). The topological polar surface area (TPSA) is 75.6 Å². The van der Waals surface area contributed by atoms with Gasteiger partial charge in [0.25, 0.3) is 0 Å². The molecule has 21 heavy (non-hydrogen) atoms. The van der Waals surface area contributed by atoms with Crippen LogP contribution in [-0.4, -0.2) is 36.2 Å². The Morgan fingerprint density at radius 2 is 1.86 bits per heavy atom. The van der Waals surface area contributed by atoms with Crippen LogP contribution in [0.5, 0.6) is 0 Å². The van der Waals surface area contributed by atoms with Crippen LogP contribution in [0.25, 0.3) is 0 Å². The number of rotatable bonds is 7. The molecule has 2 N–H and O–H groups in total. The van der Waals surface area contributed by atoms with Crippen LogP contribution in [0.15, 0.2) is 30.3 Å². The molecule has 0 fully saturated rings. The first kappa shape index (κ1) is 17.2. The van der Waals surface area contributed by atoms with Crippen molar-refractivity contribution in [1.29, 1.82) is 0 Å². The lowest BCUT2D eigenvalue weighted by Gasteiger charge is -2.21. The largest absolute Gasteiger partial charge is 0.467 e. The van der Waals surface area contributed by atoms with Gasteiger partial charge in [0.05, 0.1) is 7.11 Å². The Morgan fingerprint density at radius 3 is 2.38 bits per heavy atom. The molecule has 0 saturated carbocycles. The minimum absolute atomic E-state index is 0.109. The molecule has 2 atom stereocenters. The molecule has 0 bridgehead atoms. The van der Waals surface area contributed by atoms with E-state index in [-0.39, 0.29) is 5.92 Å². The third-order valence-electron chi connectivity index (χ3n) is 3.27. The summed E-state index contributed by atoms with van der Waals surface area (Å²) in [6.45, 7) is 3.61. The molecular weight excluding hydrogens is 270 g/mol. The summed E-state index contributed by atoms with van der Waals surface area (Å²) in [5, 5.41) is 12.4. The number of amides is 1. The SMILES string of the molecule is COC(=O)[C@@H](NC(=O)[C@H](O)CCc1ccccc1)C(C)C. The van der Waals surface area contributed by atoms with Gasteiger partial charge in [-0.05, 0) is 24.3 Å². The first-order valence-electron chi connectivity index (χ1n) is 7.06. The molecule has 0 aromatic heterocycles. The molecule has 1 aromatic carbocycles. The lowest BCUT2D eigenvalue weighted by atomic mass is 10.0. The highest BCUT2D eigenvalue weighted by molar-refractivity contribution is 5.86.